The molecule has 1 aromatic rings. The fourth-order valence-electron chi connectivity index (χ4n) is 2.86. The minimum atomic E-state index is 0. The van der Waals surface area contributed by atoms with Crippen LogP contribution in [0, 0.1) is 0 Å². The first-order valence-electron chi connectivity index (χ1n) is 9.72. The van der Waals surface area contributed by atoms with Crippen molar-refractivity contribution in [1.82, 2.24) is 15.5 Å². The average Bonchev–Trinajstić information content (AvgIpc) is 2.69. The molecule has 1 aromatic carbocycles. The molecule has 1 aliphatic rings. The Labute approximate surface area is 181 Å². The van der Waals surface area contributed by atoms with Crippen LogP contribution in [0.5, 0.6) is 0 Å². The summed E-state index contributed by atoms with van der Waals surface area (Å²) in [5, 5.41) is 6.79. The molecule has 1 saturated heterocycles. The fraction of sp³-hybridized carbons (Fsp3) is 0.650. The van der Waals surface area contributed by atoms with Crippen molar-refractivity contribution >= 4 is 29.9 Å². The van der Waals surface area contributed by atoms with Gasteiger partial charge in [-0.15, -0.1) is 24.0 Å². The van der Waals surface area contributed by atoms with E-state index in [0.717, 1.165) is 52.0 Å². The Morgan fingerprint density at radius 3 is 2.44 bits per heavy atom. The van der Waals surface area contributed by atoms with Gasteiger partial charge in [0.2, 0.25) is 0 Å². The molecule has 1 aliphatic heterocycles. The molecule has 1 fully saturated rings. The van der Waals surface area contributed by atoms with Crippen LogP contribution in [0.25, 0.3) is 0 Å². The summed E-state index contributed by atoms with van der Waals surface area (Å²) in [5.74, 6) is 0.867. The van der Waals surface area contributed by atoms with Crippen molar-refractivity contribution in [2.75, 3.05) is 46.0 Å². The van der Waals surface area contributed by atoms with Gasteiger partial charge in [0.15, 0.2) is 5.96 Å². The van der Waals surface area contributed by atoms with E-state index in [1.54, 1.807) is 0 Å². The van der Waals surface area contributed by atoms with Gasteiger partial charge >= 0.3 is 0 Å². The summed E-state index contributed by atoms with van der Waals surface area (Å²) in [4.78, 5) is 7.17. The lowest BCUT2D eigenvalue weighted by molar-refractivity contribution is 0.0211. The third-order valence-corrected chi connectivity index (χ3v) is 4.49. The molecule has 0 radical (unpaired) electrons. The number of hydrogen-bond acceptors (Lipinski definition) is 4. The molecule has 2 rings (SSSR count). The molecule has 7 heteroatoms. The maximum Gasteiger partial charge on any atom is 0.191 e. The molecule has 0 amide bonds. The smallest absolute Gasteiger partial charge is 0.191 e. The molecule has 1 heterocycles. The fourth-order valence-corrected chi connectivity index (χ4v) is 2.86. The summed E-state index contributed by atoms with van der Waals surface area (Å²) in [6.07, 6.45) is 0. The van der Waals surface area contributed by atoms with E-state index in [-0.39, 0.29) is 24.0 Å². The number of halogens is 1. The van der Waals surface area contributed by atoms with Crippen LogP contribution in [0.15, 0.2) is 29.3 Å². The first-order valence-corrected chi connectivity index (χ1v) is 9.72. The van der Waals surface area contributed by atoms with E-state index in [2.05, 4.69) is 53.6 Å². The number of aliphatic imine (C=N–C) groups is 1. The molecular weight excluding hydrogens is 455 g/mol. The third-order valence-electron chi connectivity index (χ3n) is 4.49. The van der Waals surface area contributed by atoms with Gasteiger partial charge in [0.05, 0.1) is 26.4 Å². The van der Waals surface area contributed by atoms with Crippen LogP contribution in [0.1, 0.15) is 31.9 Å². The van der Waals surface area contributed by atoms with Gasteiger partial charge in [-0.1, -0.05) is 24.3 Å². The number of benzene rings is 1. The summed E-state index contributed by atoms with van der Waals surface area (Å²) in [6, 6.07) is 8.93. The van der Waals surface area contributed by atoms with E-state index in [9.17, 15) is 0 Å². The Bertz CT molecular complexity index is 533. The summed E-state index contributed by atoms with van der Waals surface area (Å²) in [5.41, 5.74) is 2.40. The van der Waals surface area contributed by atoms with Crippen LogP contribution >= 0.6 is 24.0 Å². The molecule has 27 heavy (non-hydrogen) atoms. The maximum atomic E-state index is 5.43. The van der Waals surface area contributed by atoms with Gasteiger partial charge in [-0.3, -0.25) is 4.90 Å². The van der Waals surface area contributed by atoms with Crippen molar-refractivity contribution in [3.63, 3.8) is 0 Å². The van der Waals surface area contributed by atoms with Gasteiger partial charge in [-0.05, 0) is 31.9 Å². The lowest BCUT2D eigenvalue weighted by Gasteiger charge is -2.32. The van der Waals surface area contributed by atoms with Crippen molar-refractivity contribution in [2.24, 2.45) is 4.99 Å². The normalized spacial score (nSPS) is 16.5. The minimum absolute atomic E-state index is 0. The lowest BCUT2D eigenvalue weighted by Crippen LogP contribution is -2.49. The van der Waals surface area contributed by atoms with Gasteiger partial charge in [0.1, 0.15) is 0 Å². The molecule has 0 saturated carbocycles. The largest absolute Gasteiger partial charge is 0.379 e. The summed E-state index contributed by atoms with van der Waals surface area (Å²) < 4.78 is 10.9. The predicted molar refractivity (Wildman–Crippen MR) is 122 cm³/mol. The standard InChI is InChI=1S/C20H34N4O2.HI/c1-4-21-20(22-14-17(3)24-10-12-26-13-11-24)23-15-18-6-8-19(9-7-18)16-25-5-2;/h6-9,17H,4-5,10-16H2,1-3H3,(H2,21,22,23);1H. The van der Waals surface area contributed by atoms with Gasteiger partial charge in [-0.25, -0.2) is 4.99 Å². The van der Waals surface area contributed by atoms with Crippen LogP contribution in [0.4, 0.5) is 0 Å². The summed E-state index contributed by atoms with van der Waals surface area (Å²) in [7, 11) is 0. The number of hydrogen-bond donors (Lipinski definition) is 2. The molecule has 0 bridgehead atoms. The molecular formula is C20H35IN4O2. The van der Waals surface area contributed by atoms with E-state index >= 15 is 0 Å². The van der Waals surface area contributed by atoms with E-state index in [4.69, 9.17) is 14.5 Å². The van der Waals surface area contributed by atoms with E-state index in [0.29, 0.717) is 19.2 Å². The predicted octanol–water partition coefficient (Wildman–Crippen LogP) is 2.62. The third kappa shape index (κ3) is 9.23. The van der Waals surface area contributed by atoms with Gasteiger partial charge in [-0.2, -0.15) is 0 Å². The first kappa shape index (κ1) is 24.1. The second-order valence-electron chi connectivity index (χ2n) is 6.53. The van der Waals surface area contributed by atoms with E-state index < -0.39 is 0 Å². The Hall–Kier alpha value is -0.900. The van der Waals surface area contributed by atoms with Crippen molar-refractivity contribution in [2.45, 2.75) is 40.0 Å². The second-order valence-corrected chi connectivity index (χ2v) is 6.53. The number of morpholine rings is 1. The Morgan fingerprint density at radius 1 is 1.15 bits per heavy atom. The quantitative estimate of drug-likeness (QED) is 0.317. The zero-order valence-electron chi connectivity index (χ0n) is 16.9. The average molecular weight is 490 g/mol. The van der Waals surface area contributed by atoms with Crippen LogP contribution in [-0.4, -0.2) is 62.9 Å². The van der Waals surface area contributed by atoms with E-state index in [1.807, 2.05) is 6.92 Å². The zero-order valence-corrected chi connectivity index (χ0v) is 19.2. The van der Waals surface area contributed by atoms with Gasteiger partial charge in [0, 0.05) is 38.8 Å². The highest BCUT2D eigenvalue weighted by molar-refractivity contribution is 14.0. The van der Waals surface area contributed by atoms with Crippen LogP contribution in [0.2, 0.25) is 0 Å². The highest BCUT2D eigenvalue weighted by Crippen LogP contribution is 2.07. The molecule has 6 nitrogen and oxygen atoms in total. The monoisotopic (exact) mass is 490 g/mol. The SMILES string of the molecule is CCNC(=NCc1ccc(COCC)cc1)NCC(C)N1CCOCC1.I. The van der Waals surface area contributed by atoms with Crippen LogP contribution < -0.4 is 10.6 Å². The molecule has 0 spiro atoms. The van der Waals surface area contributed by atoms with E-state index in [1.165, 1.54) is 11.1 Å². The number of nitrogens with zero attached hydrogens (tertiary/aromatic N) is 2. The van der Waals surface area contributed by atoms with Crippen LogP contribution in [-0.2, 0) is 22.6 Å². The molecule has 0 aliphatic carbocycles. The number of guanidine groups is 1. The van der Waals surface area contributed by atoms with Crippen LogP contribution in [0.3, 0.4) is 0 Å². The summed E-state index contributed by atoms with van der Waals surface area (Å²) in [6.45, 7) is 13.8. The first-order chi connectivity index (χ1) is 12.7. The van der Waals surface area contributed by atoms with Crippen molar-refractivity contribution in [1.29, 1.82) is 0 Å². The molecule has 1 atom stereocenters. The Kier molecular flexibility index (Phi) is 12.6. The number of rotatable bonds is 9. The maximum absolute atomic E-state index is 5.43. The zero-order chi connectivity index (χ0) is 18.6. The molecule has 2 N–H and O–H groups in total. The summed E-state index contributed by atoms with van der Waals surface area (Å²) >= 11 is 0. The number of ether oxygens (including phenoxy) is 2. The highest BCUT2D eigenvalue weighted by Gasteiger charge is 2.16. The van der Waals surface area contributed by atoms with Crippen molar-refractivity contribution in [3.8, 4) is 0 Å². The highest BCUT2D eigenvalue weighted by atomic mass is 127. The Balaban J connectivity index is 0.00000364. The number of nitrogens with one attached hydrogen (secondary N) is 2. The molecule has 154 valence electrons. The van der Waals surface area contributed by atoms with Crippen molar-refractivity contribution in [3.05, 3.63) is 35.4 Å². The minimum Gasteiger partial charge on any atom is -0.379 e. The van der Waals surface area contributed by atoms with Crippen molar-refractivity contribution < 1.29 is 9.47 Å². The molecule has 0 aromatic heterocycles. The second kappa shape index (κ2) is 14.1. The molecule has 1 unspecified atom stereocenters. The topological polar surface area (TPSA) is 58.1 Å². The lowest BCUT2D eigenvalue weighted by atomic mass is 10.1. The Morgan fingerprint density at radius 2 is 1.81 bits per heavy atom. The van der Waals surface area contributed by atoms with Gasteiger partial charge in [0.25, 0.3) is 0 Å². The van der Waals surface area contributed by atoms with Gasteiger partial charge < -0.3 is 20.1 Å².